The van der Waals surface area contributed by atoms with Crippen molar-refractivity contribution in [3.05, 3.63) is 69.7 Å². The zero-order chi connectivity index (χ0) is 17.0. The van der Waals surface area contributed by atoms with Gasteiger partial charge in [-0.15, -0.1) is 0 Å². The lowest BCUT2D eigenvalue weighted by atomic mass is 10.1. The van der Waals surface area contributed by atoms with E-state index in [4.69, 9.17) is 21.8 Å². The second-order valence-electron chi connectivity index (χ2n) is 4.65. The first-order chi connectivity index (χ1) is 10.9. The van der Waals surface area contributed by atoms with Gasteiger partial charge in [0, 0.05) is 6.54 Å². The van der Waals surface area contributed by atoms with Crippen LogP contribution in [0.25, 0.3) is 0 Å². The molecule has 0 aliphatic carbocycles. The van der Waals surface area contributed by atoms with Gasteiger partial charge in [-0.05, 0) is 29.8 Å². The topological polar surface area (TPSA) is 104 Å². The fourth-order valence-corrected chi connectivity index (χ4v) is 2.23. The molecule has 0 unspecified atom stereocenters. The van der Waals surface area contributed by atoms with E-state index in [2.05, 4.69) is 5.32 Å². The third-order valence-electron chi connectivity index (χ3n) is 3.13. The zero-order valence-corrected chi connectivity index (χ0v) is 12.5. The highest BCUT2D eigenvalue weighted by atomic mass is 35.5. The Kier molecular flexibility index (Phi) is 4.98. The largest absolute Gasteiger partial charge is 0.478 e. The Morgan fingerprint density at radius 2 is 1.61 bits per heavy atom. The number of amides is 1. The number of halogens is 1. The second-order valence-corrected chi connectivity index (χ2v) is 5.06. The van der Waals surface area contributed by atoms with Gasteiger partial charge in [0.2, 0.25) is 0 Å². The first kappa shape index (κ1) is 16.5. The Hall–Kier alpha value is -2.86. The van der Waals surface area contributed by atoms with E-state index >= 15 is 0 Å². The maximum Gasteiger partial charge on any atom is 0.338 e. The lowest BCUT2D eigenvalue weighted by Gasteiger charge is -2.09. The van der Waals surface area contributed by atoms with Gasteiger partial charge in [0.1, 0.15) is 0 Å². The van der Waals surface area contributed by atoms with Gasteiger partial charge in [0.05, 0.1) is 21.7 Å². The highest BCUT2D eigenvalue weighted by molar-refractivity contribution is 6.34. The number of carboxylic acids is 2. The van der Waals surface area contributed by atoms with Crippen LogP contribution in [-0.2, 0) is 6.54 Å². The Bertz CT molecular complexity index is 771. The third-order valence-corrected chi connectivity index (χ3v) is 3.44. The molecule has 2 aromatic rings. The van der Waals surface area contributed by atoms with Crippen molar-refractivity contribution in [2.75, 3.05) is 0 Å². The molecular weight excluding hydrogens is 322 g/mol. The van der Waals surface area contributed by atoms with E-state index in [0.29, 0.717) is 5.56 Å². The monoisotopic (exact) mass is 333 g/mol. The molecule has 2 rings (SSSR count). The number of rotatable bonds is 5. The average Bonchev–Trinajstić information content (AvgIpc) is 2.52. The Morgan fingerprint density at radius 1 is 0.957 bits per heavy atom. The van der Waals surface area contributed by atoms with E-state index in [1.54, 1.807) is 12.1 Å². The summed E-state index contributed by atoms with van der Waals surface area (Å²) in [4.78, 5) is 34.1. The van der Waals surface area contributed by atoms with Gasteiger partial charge in [-0.3, -0.25) is 4.79 Å². The number of hydrogen-bond acceptors (Lipinski definition) is 3. The van der Waals surface area contributed by atoms with Gasteiger partial charge in [0.15, 0.2) is 0 Å². The molecular formula is C16H12ClNO5. The van der Waals surface area contributed by atoms with E-state index in [1.807, 2.05) is 0 Å². The fraction of sp³-hybridized carbons (Fsp3) is 0.0625. The van der Waals surface area contributed by atoms with Crippen LogP contribution in [0, 0.1) is 0 Å². The van der Waals surface area contributed by atoms with E-state index in [-0.39, 0.29) is 28.3 Å². The molecule has 2 aromatic carbocycles. The lowest BCUT2D eigenvalue weighted by Crippen LogP contribution is -2.25. The number of aromatic carboxylic acids is 2. The van der Waals surface area contributed by atoms with Gasteiger partial charge >= 0.3 is 11.9 Å². The Morgan fingerprint density at radius 3 is 2.17 bits per heavy atom. The predicted molar refractivity (Wildman–Crippen MR) is 83.0 cm³/mol. The third kappa shape index (κ3) is 3.87. The molecule has 0 spiro atoms. The van der Waals surface area contributed by atoms with Crippen LogP contribution in [-0.4, -0.2) is 28.1 Å². The van der Waals surface area contributed by atoms with Crippen LogP contribution in [0.2, 0.25) is 5.02 Å². The summed E-state index contributed by atoms with van der Waals surface area (Å²) in [6, 6.07) is 10.2. The van der Waals surface area contributed by atoms with Crippen molar-refractivity contribution in [2.24, 2.45) is 0 Å². The van der Waals surface area contributed by atoms with Crippen molar-refractivity contribution in [1.82, 2.24) is 5.32 Å². The summed E-state index contributed by atoms with van der Waals surface area (Å²) >= 11 is 5.82. The summed E-state index contributed by atoms with van der Waals surface area (Å²) in [6.45, 7) is 0.129. The van der Waals surface area contributed by atoms with Crippen molar-refractivity contribution in [1.29, 1.82) is 0 Å². The van der Waals surface area contributed by atoms with Crippen molar-refractivity contribution < 1.29 is 24.6 Å². The van der Waals surface area contributed by atoms with E-state index in [1.165, 1.54) is 30.3 Å². The minimum absolute atomic E-state index is 0.0176. The van der Waals surface area contributed by atoms with Crippen LogP contribution in [0.4, 0.5) is 0 Å². The fourth-order valence-electron chi connectivity index (χ4n) is 1.97. The molecule has 1 amide bonds. The summed E-state index contributed by atoms with van der Waals surface area (Å²) in [6.07, 6.45) is 0. The first-order valence-corrected chi connectivity index (χ1v) is 6.90. The summed E-state index contributed by atoms with van der Waals surface area (Å²) in [5.41, 5.74) is 0.533. The minimum Gasteiger partial charge on any atom is -0.478 e. The molecule has 0 radical (unpaired) electrons. The first-order valence-electron chi connectivity index (χ1n) is 6.52. The van der Waals surface area contributed by atoms with Gasteiger partial charge in [0.25, 0.3) is 5.91 Å². The molecule has 6 nitrogen and oxygen atoms in total. The van der Waals surface area contributed by atoms with Crippen LogP contribution in [0.1, 0.15) is 36.6 Å². The molecule has 0 atom stereocenters. The van der Waals surface area contributed by atoms with Gasteiger partial charge in [-0.25, -0.2) is 9.59 Å². The normalized spacial score (nSPS) is 10.1. The lowest BCUT2D eigenvalue weighted by molar-refractivity contribution is 0.0684. The summed E-state index contributed by atoms with van der Waals surface area (Å²) in [5.74, 6) is -2.90. The summed E-state index contributed by atoms with van der Waals surface area (Å²) in [7, 11) is 0. The standard InChI is InChI=1S/C16H12ClNO5/c17-12-3-1-2-11(13(12)16(22)23)14(19)18-8-9-4-6-10(7-5-9)15(20)21/h1-7H,8H2,(H,18,19)(H,20,21)(H,22,23). The van der Waals surface area contributed by atoms with Crippen LogP contribution in [0.3, 0.4) is 0 Å². The molecule has 0 fully saturated rings. The van der Waals surface area contributed by atoms with Crippen molar-refractivity contribution in [2.45, 2.75) is 6.54 Å². The molecule has 0 saturated heterocycles. The van der Waals surface area contributed by atoms with Gasteiger partial charge < -0.3 is 15.5 Å². The van der Waals surface area contributed by atoms with Gasteiger partial charge in [-0.2, -0.15) is 0 Å². The number of benzene rings is 2. The number of carboxylic acid groups (broad SMARTS) is 2. The number of carbonyl (C=O) groups excluding carboxylic acids is 1. The molecule has 0 bridgehead atoms. The highest BCUT2D eigenvalue weighted by Gasteiger charge is 2.19. The molecule has 3 N–H and O–H groups in total. The van der Waals surface area contributed by atoms with E-state index < -0.39 is 17.8 Å². The zero-order valence-electron chi connectivity index (χ0n) is 11.7. The van der Waals surface area contributed by atoms with Gasteiger partial charge in [-0.1, -0.05) is 29.8 Å². The number of carbonyl (C=O) groups is 3. The molecule has 0 aliphatic rings. The number of nitrogens with one attached hydrogen (secondary N) is 1. The SMILES string of the molecule is O=C(O)c1ccc(CNC(=O)c2cccc(Cl)c2C(=O)O)cc1. The predicted octanol–water partition coefficient (Wildman–Crippen LogP) is 2.67. The molecule has 0 aliphatic heterocycles. The maximum atomic E-state index is 12.1. The van der Waals surface area contributed by atoms with Crippen LogP contribution in [0.15, 0.2) is 42.5 Å². The van der Waals surface area contributed by atoms with Crippen LogP contribution in [0.5, 0.6) is 0 Å². The summed E-state index contributed by atoms with van der Waals surface area (Å²) < 4.78 is 0. The average molecular weight is 334 g/mol. The van der Waals surface area contributed by atoms with Crippen molar-refractivity contribution >= 4 is 29.4 Å². The van der Waals surface area contributed by atoms with Crippen LogP contribution >= 0.6 is 11.6 Å². The Balaban J connectivity index is 2.13. The molecule has 0 aromatic heterocycles. The molecule has 7 heteroatoms. The highest BCUT2D eigenvalue weighted by Crippen LogP contribution is 2.20. The molecule has 0 saturated carbocycles. The maximum absolute atomic E-state index is 12.1. The van der Waals surface area contributed by atoms with Crippen molar-refractivity contribution in [3.63, 3.8) is 0 Å². The number of hydrogen-bond donors (Lipinski definition) is 3. The molecule has 118 valence electrons. The second kappa shape index (κ2) is 6.93. The quantitative estimate of drug-likeness (QED) is 0.780. The minimum atomic E-state index is -1.29. The van der Waals surface area contributed by atoms with E-state index in [9.17, 15) is 14.4 Å². The van der Waals surface area contributed by atoms with E-state index in [0.717, 1.165) is 0 Å². The molecule has 0 heterocycles. The molecule has 23 heavy (non-hydrogen) atoms. The smallest absolute Gasteiger partial charge is 0.338 e. The Labute approximate surface area is 136 Å². The summed E-state index contributed by atoms with van der Waals surface area (Å²) in [5, 5.41) is 20.5. The van der Waals surface area contributed by atoms with Crippen LogP contribution < -0.4 is 5.32 Å². The van der Waals surface area contributed by atoms with Crippen molar-refractivity contribution in [3.8, 4) is 0 Å².